The molecule has 21 heteroatoms. The molecule has 1 saturated heterocycles. The Morgan fingerprint density at radius 1 is 0.741 bits per heavy atom. The van der Waals surface area contributed by atoms with E-state index in [1.165, 1.54) is 43.6 Å². The van der Waals surface area contributed by atoms with Crippen LogP contribution in [0.25, 0.3) is 23.2 Å². The van der Waals surface area contributed by atoms with Crippen molar-refractivity contribution in [1.82, 2.24) is 45.2 Å². The zero-order valence-corrected chi connectivity index (χ0v) is 30.0. The van der Waals surface area contributed by atoms with Crippen LogP contribution in [0.4, 0.5) is 35.0 Å². The first kappa shape index (κ1) is 38.7. The molecule has 18 nitrogen and oxygen atoms in total. The van der Waals surface area contributed by atoms with E-state index in [2.05, 4.69) is 51.0 Å². The van der Waals surface area contributed by atoms with Crippen LogP contribution >= 0.6 is 0 Å². The average molecular weight is 797 g/mol. The van der Waals surface area contributed by atoms with Gasteiger partial charge in [0.25, 0.3) is 11.8 Å². The number of hydrogen-bond donors (Lipinski definition) is 3. The lowest BCUT2D eigenvalue weighted by Crippen LogP contribution is -2.35. The number of nitrogens with zero attached hydrogens (tertiary/aromatic N) is 9. The van der Waals surface area contributed by atoms with Crippen LogP contribution in [0.5, 0.6) is 23.3 Å². The van der Waals surface area contributed by atoms with Crippen LogP contribution in [0.3, 0.4) is 0 Å². The predicted octanol–water partition coefficient (Wildman–Crippen LogP) is 6.72. The number of halogens is 3. The summed E-state index contributed by atoms with van der Waals surface area (Å²) in [6, 6.07) is 19.4. The van der Waals surface area contributed by atoms with Gasteiger partial charge in [-0.2, -0.15) is 13.2 Å². The Balaban J connectivity index is 0.000000224. The number of anilines is 3. The molecule has 0 unspecified atom stereocenters. The summed E-state index contributed by atoms with van der Waals surface area (Å²) in [6.45, 7) is 2.58. The van der Waals surface area contributed by atoms with E-state index in [0.717, 1.165) is 12.1 Å². The molecular formula is C37H31F3N12O6. The van der Waals surface area contributed by atoms with Gasteiger partial charge in [-0.3, -0.25) is 4.90 Å². The van der Waals surface area contributed by atoms with Crippen LogP contribution in [0.2, 0.25) is 0 Å². The van der Waals surface area contributed by atoms with Crippen LogP contribution in [0.1, 0.15) is 11.1 Å². The van der Waals surface area contributed by atoms with Gasteiger partial charge in [-0.15, -0.1) is 20.4 Å². The second kappa shape index (κ2) is 18.0. The number of aromatic nitrogens is 8. The Morgan fingerprint density at radius 2 is 1.34 bits per heavy atom. The molecule has 1 aliphatic heterocycles. The van der Waals surface area contributed by atoms with Crippen molar-refractivity contribution in [3.05, 3.63) is 115 Å². The molecule has 4 aromatic heterocycles. The Kier molecular flexibility index (Phi) is 12.0. The molecule has 8 rings (SSSR count). The van der Waals surface area contributed by atoms with E-state index in [-0.39, 0.29) is 17.5 Å². The van der Waals surface area contributed by atoms with E-state index in [0.29, 0.717) is 84.4 Å². The van der Waals surface area contributed by atoms with Crippen LogP contribution in [-0.4, -0.2) is 77.6 Å². The Labute approximate surface area is 326 Å². The van der Waals surface area contributed by atoms with E-state index >= 15 is 0 Å². The molecule has 7 aromatic rings. The molecule has 3 aromatic carbocycles. The van der Waals surface area contributed by atoms with Gasteiger partial charge in [0.1, 0.15) is 35.5 Å². The highest BCUT2D eigenvalue weighted by Crippen LogP contribution is 2.33. The second-order valence-electron chi connectivity index (χ2n) is 12.2. The number of nitrogens with one attached hydrogen (secondary N) is 2. The van der Waals surface area contributed by atoms with Gasteiger partial charge in [0, 0.05) is 61.0 Å². The third-order valence-corrected chi connectivity index (χ3v) is 7.93. The number of ether oxygens (including phenoxy) is 3. The van der Waals surface area contributed by atoms with Crippen molar-refractivity contribution in [3.63, 3.8) is 0 Å². The zero-order valence-electron chi connectivity index (χ0n) is 30.0. The number of rotatable bonds is 10. The number of alkyl halides is 3. The van der Waals surface area contributed by atoms with Crippen LogP contribution in [0, 0.1) is 0 Å². The summed E-state index contributed by atoms with van der Waals surface area (Å²) >= 11 is 0. The maximum absolute atomic E-state index is 13.5. The van der Waals surface area contributed by atoms with E-state index in [1.54, 1.807) is 48.5 Å². The first-order chi connectivity index (χ1) is 28.1. The van der Waals surface area contributed by atoms with E-state index in [9.17, 15) is 18.0 Å². The van der Waals surface area contributed by atoms with Crippen molar-refractivity contribution < 1.29 is 41.0 Å². The molecule has 0 saturated carbocycles. The summed E-state index contributed by atoms with van der Waals surface area (Å²) in [5.41, 5.74) is 7.09. The van der Waals surface area contributed by atoms with Gasteiger partial charge in [-0.1, -0.05) is 12.1 Å². The average Bonchev–Trinajstić information content (AvgIpc) is 3.95. The lowest BCUT2D eigenvalue weighted by atomic mass is 10.1. The fourth-order valence-corrected chi connectivity index (χ4v) is 5.38. The number of amides is 2. The molecule has 2 amide bonds. The van der Waals surface area contributed by atoms with Gasteiger partial charge in [-0.05, 0) is 48.0 Å². The normalized spacial score (nSPS) is 12.9. The second-order valence-corrected chi connectivity index (χ2v) is 12.2. The number of benzene rings is 3. The summed E-state index contributed by atoms with van der Waals surface area (Å²) in [5.74, 6) is 1.99. The number of nitrogens with two attached hydrogens (primary N) is 1. The number of urea groups is 1. The fourth-order valence-electron chi connectivity index (χ4n) is 5.38. The summed E-state index contributed by atoms with van der Waals surface area (Å²) in [5, 5.41) is 19.8. The maximum atomic E-state index is 13.5. The predicted molar refractivity (Wildman–Crippen MR) is 198 cm³/mol. The van der Waals surface area contributed by atoms with Crippen molar-refractivity contribution in [2.75, 3.05) is 42.7 Å². The number of carbonyl (C=O) groups is 1. The van der Waals surface area contributed by atoms with E-state index in [1.807, 2.05) is 4.90 Å². The number of hydrogen-bond acceptors (Lipinski definition) is 16. The molecule has 1 aliphatic rings. The highest BCUT2D eigenvalue weighted by Gasteiger charge is 2.31. The number of nitrogen functional groups attached to an aromatic ring is 1. The molecule has 0 spiro atoms. The van der Waals surface area contributed by atoms with Gasteiger partial charge in [-0.25, -0.2) is 24.7 Å². The van der Waals surface area contributed by atoms with Crippen molar-refractivity contribution in [2.24, 2.45) is 0 Å². The zero-order chi connectivity index (χ0) is 40.3. The van der Waals surface area contributed by atoms with E-state index < -0.39 is 17.8 Å². The largest absolute Gasteiger partial charge is 0.439 e. The van der Waals surface area contributed by atoms with Crippen LogP contribution in [-0.2, 0) is 17.5 Å². The standard InChI is InChI=1S/C25H22F3N7O4.C12H9N5O2/c26-25(27,28)17-8-16(13-35-4-6-37-7-5-35)9-19(10-17)33-24(36)32-18-2-1-3-20(11-18)39-22-12-21(29-14-30-22)23-34-31-15-38-23;13-8-2-1-3-9(4-8)19-11-5-10(14-6-15-11)12-17-16-7-18-12/h1-3,8-12,14-15H,4-7,13H2,(H2,32,33,36);1-7H,13H2. The molecule has 0 radical (unpaired) electrons. The SMILES string of the molecule is Nc1cccc(Oc2cc(-c3nnco3)ncn2)c1.O=C(Nc1cccc(Oc2cc(-c3nnco3)ncn2)c1)Nc1cc(CN2CCOCC2)cc(C(F)(F)F)c1. The highest BCUT2D eigenvalue weighted by molar-refractivity contribution is 6.00. The third-order valence-electron chi connectivity index (χ3n) is 7.93. The quantitative estimate of drug-likeness (QED) is 0.122. The lowest BCUT2D eigenvalue weighted by molar-refractivity contribution is -0.137. The lowest BCUT2D eigenvalue weighted by Gasteiger charge is -2.27. The van der Waals surface area contributed by atoms with Gasteiger partial charge < -0.3 is 39.4 Å². The van der Waals surface area contributed by atoms with Gasteiger partial charge in [0.2, 0.25) is 24.5 Å². The highest BCUT2D eigenvalue weighted by atomic mass is 19.4. The minimum atomic E-state index is -4.57. The molecule has 0 aliphatic carbocycles. The Bertz CT molecular complexity index is 2430. The minimum absolute atomic E-state index is 0.0209. The fraction of sp³-hybridized carbons (Fsp3) is 0.162. The molecule has 1 fully saturated rings. The van der Waals surface area contributed by atoms with Crippen molar-refractivity contribution in [2.45, 2.75) is 12.7 Å². The first-order valence-electron chi connectivity index (χ1n) is 17.2. The monoisotopic (exact) mass is 796 g/mol. The summed E-state index contributed by atoms with van der Waals surface area (Å²) in [4.78, 5) is 30.8. The van der Waals surface area contributed by atoms with Crippen molar-refractivity contribution in [1.29, 1.82) is 0 Å². The van der Waals surface area contributed by atoms with Crippen molar-refractivity contribution in [3.8, 4) is 46.4 Å². The minimum Gasteiger partial charge on any atom is -0.439 e. The maximum Gasteiger partial charge on any atom is 0.416 e. The number of carbonyl (C=O) groups excluding carboxylic acids is 1. The molecular weight excluding hydrogens is 765 g/mol. The molecule has 4 N–H and O–H groups in total. The Morgan fingerprint density at radius 3 is 1.93 bits per heavy atom. The van der Waals surface area contributed by atoms with Gasteiger partial charge >= 0.3 is 12.2 Å². The van der Waals surface area contributed by atoms with Crippen LogP contribution < -0.4 is 25.8 Å². The third kappa shape index (κ3) is 10.8. The molecule has 296 valence electrons. The van der Waals surface area contributed by atoms with Crippen LogP contribution in [0.15, 0.2) is 113 Å². The topological polar surface area (TPSA) is 227 Å². The number of morpholine rings is 1. The van der Waals surface area contributed by atoms with Crippen molar-refractivity contribution >= 4 is 23.1 Å². The van der Waals surface area contributed by atoms with Gasteiger partial charge in [0.05, 0.1) is 18.8 Å². The molecule has 58 heavy (non-hydrogen) atoms. The van der Waals surface area contributed by atoms with E-state index in [4.69, 9.17) is 28.8 Å². The van der Waals surface area contributed by atoms with Gasteiger partial charge in [0.15, 0.2) is 0 Å². The smallest absolute Gasteiger partial charge is 0.416 e. The summed E-state index contributed by atoms with van der Waals surface area (Å²) < 4.78 is 67.4. The molecule has 5 heterocycles. The Hall–Kier alpha value is -7.52. The first-order valence-corrected chi connectivity index (χ1v) is 17.2. The summed E-state index contributed by atoms with van der Waals surface area (Å²) in [7, 11) is 0. The molecule has 0 bridgehead atoms. The molecule has 0 atom stereocenters. The summed E-state index contributed by atoms with van der Waals surface area (Å²) in [6.07, 6.45) is 0.469.